The molecule has 28 heavy (non-hydrogen) atoms. The number of hydrogen-bond acceptors (Lipinski definition) is 4. The van der Waals surface area contributed by atoms with E-state index in [4.69, 9.17) is 9.47 Å². The van der Waals surface area contributed by atoms with Crippen LogP contribution >= 0.6 is 0 Å². The number of aromatic hydroxyl groups is 1. The molecule has 2 aliphatic rings. The van der Waals surface area contributed by atoms with Crippen molar-refractivity contribution in [2.45, 2.75) is 38.5 Å². The van der Waals surface area contributed by atoms with Gasteiger partial charge in [0.15, 0.2) is 0 Å². The Bertz CT molecular complexity index is 778. The SMILES string of the molecule is CC(C)[C@@H]1C[C@@]2(CO[C@H]1c1ccccc1)CN(Cc1cccc(O)c1)CCO2. The van der Waals surface area contributed by atoms with Crippen LogP contribution in [0, 0.1) is 11.8 Å². The number of benzene rings is 2. The van der Waals surface area contributed by atoms with Gasteiger partial charge in [-0.2, -0.15) is 0 Å². The summed E-state index contributed by atoms with van der Waals surface area (Å²) in [7, 11) is 0. The number of ether oxygens (including phenoxy) is 2. The molecule has 1 N–H and O–H groups in total. The summed E-state index contributed by atoms with van der Waals surface area (Å²) in [4.78, 5) is 2.43. The molecule has 0 unspecified atom stereocenters. The van der Waals surface area contributed by atoms with Gasteiger partial charge in [-0.05, 0) is 41.5 Å². The minimum atomic E-state index is -0.241. The summed E-state index contributed by atoms with van der Waals surface area (Å²) in [6.45, 7) is 8.54. The molecule has 0 saturated carbocycles. The maximum atomic E-state index is 9.75. The number of nitrogens with zero attached hydrogens (tertiary/aromatic N) is 1. The largest absolute Gasteiger partial charge is 0.508 e. The van der Waals surface area contributed by atoms with E-state index in [1.165, 1.54) is 5.56 Å². The maximum Gasteiger partial charge on any atom is 0.115 e. The summed E-state index contributed by atoms with van der Waals surface area (Å²) < 4.78 is 12.8. The van der Waals surface area contributed by atoms with Crippen molar-refractivity contribution in [2.24, 2.45) is 11.8 Å². The van der Waals surface area contributed by atoms with Gasteiger partial charge >= 0.3 is 0 Å². The van der Waals surface area contributed by atoms with E-state index in [-0.39, 0.29) is 11.7 Å². The first-order valence-corrected chi connectivity index (χ1v) is 10.4. The first-order valence-electron chi connectivity index (χ1n) is 10.4. The minimum Gasteiger partial charge on any atom is -0.508 e. The van der Waals surface area contributed by atoms with Crippen LogP contribution in [0.3, 0.4) is 0 Å². The van der Waals surface area contributed by atoms with Crippen LogP contribution < -0.4 is 0 Å². The molecule has 0 aromatic heterocycles. The van der Waals surface area contributed by atoms with Crippen LogP contribution in [0.25, 0.3) is 0 Å². The highest BCUT2D eigenvalue weighted by Gasteiger charge is 2.46. The van der Waals surface area contributed by atoms with Crippen LogP contribution in [0.4, 0.5) is 0 Å². The van der Waals surface area contributed by atoms with E-state index in [0.717, 1.165) is 38.2 Å². The average Bonchev–Trinajstić information content (AvgIpc) is 2.69. The molecule has 4 heteroatoms. The van der Waals surface area contributed by atoms with Crippen molar-refractivity contribution in [3.05, 3.63) is 65.7 Å². The number of rotatable bonds is 4. The normalized spacial score (nSPS) is 28.7. The summed E-state index contributed by atoms with van der Waals surface area (Å²) in [6.07, 6.45) is 1.15. The van der Waals surface area contributed by atoms with E-state index >= 15 is 0 Å². The third-order valence-electron chi connectivity index (χ3n) is 6.15. The summed E-state index contributed by atoms with van der Waals surface area (Å²) in [5.74, 6) is 1.27. The van der Waals surface area contributed by atoms with Gasteiger partial charge in [0.1, 0.15) is 11.4 Å². The Labute approximate surface area is 168 Å². The first-order chi connectivity index (χ1) is 13.5. The molecule has 1 spiro atoms. The highest BCUT2D eigenvalue weighted by Crippen LogP contribution is 2.44. The van der Waals surface area contributed by atoms with Gasteiger partial charge in [0.05, 0.1) is 19.3 Å². The van der Waals surface area contributed by atoms with Gasteiger partial charge in [0.2, 0.25) is 0 Å². The van der Waals surface area contributed by atoms with E-state index in [2.05, 4.69) is 55.1 Å². The Hall–Kier alpha value is -1.88. The molecular weight excluding hydrogens is 350 g/mol. The highest BCUT2D eigenvalue weighted by molar-refractivity contribution is 5.27. The van der Waals surface area contributed by atoms with Gasteiger partial charge in [-0.15, -0.1) is 0 Å². The van der Waals surface area contributed by atoms with Crippen molar-refractivity contribution < 1.29 is 14.6 Å². The number of morpholine rings is 1. The number of phenols is 1. The zero-order valence-corrected chi connectivity index (χ0v) is 16.9. The molecule has 0 amide bonds. The second-order valence-corrected chi connectivity index (χ2v) is 8.67. The predicted molar refractivity (Wildman–Crippen MR) is 110 cm³/mol. The third-order valence-corrected chi connectivity index (χ3v) is 6.15. The van der Waals surface area contributed by atoms with Crippen LogP contribution in [0.1, 0.15) is 37.5 Å². The topological polar surface area (TPSA) is 41.9 Å². The number of phenolic OH excluding ortho intramolecular Hbond substituents is 1. The Kier molecular flexibility index (Phi) is 5.72. The standard InChI is InChI=1S/C24H31NO3/c1-18(2)22-14-24(17-27-23(22)20-8-4-3-5-9-20)16-25(11-12-28-24)15-19-7-6-10-21(26)13-19/h3-10,13,18,22-23,26H,11-12,14-17H2,1-2H3/t22-,23-,24-/m0/s1. The van der Waals surface area contributed by atoms with E-state index in [1.807, 2.05) is 12.1 Å². The Balaban J connectivity index is 1.48. The lowest BCUT2D eigenvalue weighted by atomic mass is 9.75. The molecule has 0 bridgehead atoms. The fourth-order valence-electron chi connectivity index (χ4n) is 4.71. The first kappa shape index (κ1) is 19.4. The van der Waals surface area contributed by atoms with Crippen molar-refractivity contribution in [3.63, 3.8) is 0 Å². The molecule has 150 valence electrons. The summed E-state index contributed by atoms with van der Waals surface area (Å²) in [5, 5.41) is 9.75. The summed E-state index contributed by atoms with van der Waals surface area (Å²) >= 11 is 0. The lowest BCUT2D eigenvalue weighted by Gasteiger charge is -2.50. The Morgan fingerprint density at radius 3 is 2.71 bits per heavy atom. The quantitative estimate of drug-likeness (QED) is 0.852. The van der Waals surface area contributed by atoms with Crippen molar-refractivity contribution >= 4 is 0 Å². The van der Waals surface area contributed by atoms with Crippen LogP contribution in [0.15, 0.2) is 54.6 Å². The molecule has 0 aliphatic carbocycles. The Morgan fingerprint density at radius 1 is 1.14 bits per heavy atom. The van der Waals surface area contributed by atoms with Crippen LogP contribution in [0.5, 0.6) is 5.75 Å². The van der Waals surface area contributed by atoms with E-state index in [1.54, 1.807) is 6.07 Å². The van der Waals surface area contributed by atoms with Crippen LogP contribution in [-0.4, -0.2) is 41.9 Å². The van der Waals surface area contributed by atoms with E-state index in [0.29, 0.717) is 24.2 Å². The monoisotopic (exact) mass is 381 g/mol. The molecule has 4 nitrogen and oxygen atoms in total. The molecule has 2 aromatic rings. The minimum absolute atomic E-state index is 0.136. The maximum absolute atomic E-state index is 9.75. The van der Waals surface area contributed by atoms with Gasteiger partial charge < -0.3 is 14.6 Å². The van der Waals surface area contributed by atoms with Crippen molar-refractivity contribution in [2.75, 3.05) is 26.3 Å². The molecule has 3 atom stereocenters. The number of hydrogen-bond donors (Lipinski definition) is 1. The van der Waals surface area contributed by atoms with Gasteiger partial charge in [-0.1, -0.05) is 56.3 Å². The molecule has 2 fully saturated rings. The van der Waals surface area contributed by atoms with E-state index in [9.17, 15) is 5.11 Å². The summed E-state index contributed by atoms with van der Waals surface area (Å²) in [6, 6.07) is 18.1. The predicted octanol–water partition coefficient (Wildman–Crippen LogP) is 4.40. The van der Waals surface area contributed by atoms with Gasteiger partial charge in [0.25, 0.3) is 0 Å². The van der Waals surface area contributed by atoms with Gasteiger partial charge in [-0.25, -0.2) is 0 Å². The van der Waals surface area contributed by atoms with Gasteiger partial charge in [-0.3, -0.25) is 4.90 Å². The molecule has 2 aliphatic heterocycles. The molecule has 4 rings (SSSR count). The second kappa shape index (κ2) is 8.24. The second-order valence-electron chi connectivity index (χ2n) is 8.67. The molecule has 2 aromatic carbocycles. The van der Waals surface area contributed by atoms with Crippen LogP contribution in [0.2, 0.25) is 0 Å². The molecule has 2 heterocycles. The van der Waals surface area contributed by atoms with Gasteiger partial charge in [0, 0.05) is 19.6 Å². The zero-order chi connectivity index (χ0) is 19.6. The molecule has 2 saturated heterocycles. The third kappa shape index (κ3) is 4.24. The van der Waals surface area contributed by atoms with E-state index < -0.39 is 0 Å². The van der Waals surface area contributed by atoms with Crippen molar-refractivity contribution in [3.8, 4) is 5.75 Å². The van der Waals surface area contributed by atoms with Crippen molar-refractivity contribution in [1.29, 1.82) is 0 Å². The zero-order valence-electron chi connectivity index (χ0n) is 16.9. The van der Waals surface area contributed by atoms with Crippen molar-refractivity contribution in [1.82, 2.24) is 4.90 Å². The Morgan fingerprint density at radius 2 is 1.96 bits per heavy atom. The lowest BCUT2D eigenvalue weighted by Crippen LogP contribution is -2.58. The van der Waals surface area contributed by atoms with Crippen LogP contribution in [-0.2, 0) is 16.0 Å². The molecular formula is C24H31NO3. The fraction of sp³-hybridized carbons (Fsp3) is 0.500. The summed E-state index contributed by atoms with van der Waals surface area (Å²) in [5.41, 5.74) is 2.16. The highest BCUT2D eigenvalue weighted by atomic mass is 16.6. The lowest BCUT2D eigenvalue weighted by molar-refractivity contribution is -0.211. The average molecular weight is 382 g/mol. The smallest absolute Gasteiger partial charge is 0.115 e. The fourth-order valence-corrected chi connectivity index (χ4v) is 4.71. The molecule has 0 radical (unpaired) electrons.